The number of rotatable bonds is 7. The average Bonchev–Trinajstić information content (AvgIpc) is 3.88. The van der Waals surface area contributed by atoms with Crippen LogP contribution in [0.4, 0.5) is 8.78 Å². The molecule has 7 heteroatoms. The maximum absolute atomic E-state index is 16.2. The Morgan fingerprint density at radius 1 is 0.394 bits per heavy atom. The number of hydrogen-bond donors (Lipinski definition) is 0. The molecular weight excluding hydrogens is 817 g/mol. The number of hydrogen-bond acceptors (Lipinski definition) is 3. The minimum atomic E-state index is -0.729. The molecule has 8 aromatic carbocycles. The number of benzene rings is 8. The monoisotopic (exact) mass is 851 g/mol. The Balaban J connectivity index is 1.12. The van der Waals surface area contributed by atoms with E-state index in [1.165, 1.54) is 18.2 Å². The number of halogens is 2. The molecule has 0 aliphatic carbocycles. The van der Waals surface area contributed by atoms with Gasteiger partial charge in [-0.2, -0.15) is 5.26 Å². The molecule has 4 aromatic heterocycles. The molecule has 0 saturated carbocycles. The van der Waals surface area contributed by atoms with Gasteiger partial charge in [-0.25, -0.2) is 8.78 Å². The van der Waals surface area contributed by atoms with Gasteiger partial charge in [0.05, 0.1) is 50.4 Å². The lowest BCUT2D eigenvalue weighted by molar-refractivity contribution is 0.589. The third-order valence-electron chi connectivity index (χ3n) is 12.6. The first-order valence-corrected chi connectivity index (χ1v) is 21.7. The molecule has 0 radical (unpaired) electrons. The summed E-state index contributed by atoms with van der Waals surface area (Å²) in [6, 6.07) is 66.9. The van der Waals surface area contributed by atoms with Crippen LogP contribution in [0.5, 0.6) is 0 Å². The summed E-state index contributed by atoms with van der Waals surface area (Å²) < 4.78 is 36.6. The normalized spacial score (nSPS) is 11.5. The summed E-state index contributed by atoms with van der Waals surface area (Å²) >= 11 is 0. The lowest BCUT2D eigenvalue weighted by Crippen LogP contribution is -2.07. The Morgan fingerprint density at radius 2 is 0.864 bits per heavy atom. The van der Waals surface area contributed by atoms with E-state index in [2.05, 4.69) is 65.2 Å². The molecular formula is C59H35F2N5. The van der Waals surface area contributed by atoms with E-state index >= 15 is 8.78 Å². The summed E-state index contributed by atoms with van der Waals surface area (Å²) in [5.41, 5.74) is 12.0. The van der Waals surface area contributed by atoms with Crippen molar-refractivity contribution in [1.29, 1.82) is 5.26 Å². The number of pyridine rings is 2. The van der Waals surface area contributed by atoms with E-state index in [-0.39, 0.29) is 16.7 Å². The molecule has 12 aromatic rings. The summed E-state index contributed by atoms with van der Waals surface area (Å²) in [5, 5.41) is 15.5. The van der Waals surface area contributed by atoms with Crippen molar-refractivity contribution in [2.75, 3.05) is 0 Å². The van der Waals surface area contributed by atoms with Crippen LogP contribution in [-0.4, -0.2) is 19.1 Å². The zero-order valence-corrected chi connectivity index (χ0v) is 35.2. The van der Waals surface area contributed by atoms with Crippen molar-refractivity contribution >= 4 is 43.6 Å². The molecule has 310 valence electrons. The first-order chi connectivity index (χ1) is 32.5. The molecule has 0 atom stereocenters. The van der Waals surface area contributed by atoms with Gasteiger partial charge in [0, 0.05) is 61.8 Å². The van der Waals surface area contributed by atoms with Crippen molar-refractivity contribution in [3.8, 4) is 73.3 Å². The van der Waals surface area contributed by atoms with Crippen molar-refractivity contribution in [2.24, 2.45) is 0 Å². The lowest BCUT2D eigenvalue weighted by Gasteiger charge is -2.20. The minimum absolute atomic E-state index is 0.214. The van der Waals surface area contributed by atoms with E-state index in [9.17, 15) is 5.26 Å². The van der Waals surface area contributed by atoms with Crippen LogP contribution in [0, 0.1) is 23.0 Å². The van der Waals surface area contributed by atoms with Crippen LogP contribution in [0.15, 0.2) is 213 Å². The summed E-state index contributed by atoms with van der Waals surface area (Å²) in [6.07, 6.45) is 3.75. The van der Waals surface area contributed by atoms with Crippen molar-refractivity contribution in [3.63, 3.8) is 0 Å². The van der Waals surface area contributed by atoms with Crippen molar-refractivity contribution < 1.29 is 8.78 Å². The van der Waals surface area contributed by atoms with E-state index in [1.54, 1.807) is 6.07 Å². The van der Waals surface area contributed by atoms with Crippen LogP contribution < -0.4 is 0 Å². The van der Waals surface area contributed by atoms with Crippen LogP contribution in [-0.2, 0) is 0 Å². The molecule has 0 spiro atoms. The van der Waals surface area contributed by atoms with Crippen LogP contribution in [0.3, 0.4) is 0 Å². The molecule has 12 rings (SSSR count). The topological polar surface area (TPSA) is 59.4 Å². The Hall–Kier alpha value is -8.99. The van der Waals surface area contributed by atoms with Crippen molar-refractivity contribution in [1.82, 2.24) is 19.1 Å². The predicted octanol–water partition coefficient (Wildman–Crippen LogP) is 15.2. The quantitative estimate of drug-likeness (QED) is 0.160. The molecule has 5 nitrogen and oxygen atoms in total. The summed E-state index contributed by atoms with van der Waals surface area (Å²) in [5.74, 6) is -1.46. The number of fused-ring (bicyclic) bond motifs is 6. The summed E-state index contributed by atoms with van der Waals surface area (Å²) in [7, 11) is 0. The largest absolute Gasteiger partial charge is 0.308 e. The number of aromatic nitrogens is 4. The van der Waals surface area contributed by atoms with Crippen LogP contribution in [0.1, 0.15) is 5.56 Å². The molecule has 0 saturated heterocycles. The van der Waals surface area contributed by atoms with Gasteiger partial charge in [-0.3, -0.25) is 9.97 Å². The fourth-order valence-electron chi connectivity index (χ4n) is 9.56. The van der Waals surface area contributed by atoms with Crippen LogP contribution in [0.25, 0.3) is 111 Å². The average molecular weight is 852 g/mol. The van der Waals surface area contributed by atoms with E-state index in [0.717, 1.165) is 88.4 Å². The van der Waals surface area contributed by atoms with Gasteiger partial charge in [-0.05, 0) is 71.8 Å². The van der Waals surface area contributed by atoms with Gasteiger partial charge in [-0.15, -0.1) is 0 Å². The van der Waals surface area contributed by atoms with Gasteiger partial charge in [0.15, 0.2) is 0 Å². The van der Waals surface area contributed by atoms with Crippen molar-refractivity contribution in [3.05, 3.63) is 230 Å². The van der Waals surface area contributed by atoms with Gasteiger partial charge < -0.3 is 9.13 Å². The first-order valence-electron chi connectivity index (χ1n) is 21.7. The van der Waals surface area contributed by atoms with Gasteiger partial charge in [0.1, 0.15) is 23.3 Å². The predicted molar refractivity (Wildman–Crippen MR) is 263 cm³/mol. The van der Waals surface area contributed by atoms with Gasteiger partial charge >= 0.3 is 0 Å². The third-order valence-corrected chi connectivity index (χ3v) is 12.6. The third kappa shape index (κ3) is 6.27. The fourth-order valence-corrected chi connectivity index (χ4v) is 9.56. The molecule has 0 unspecified atom stereocenters. The molecule has 66 heavy (non-hydrogen) atoms. The molecule has 0 aliphatic rings. The van der Waals surface area contributed by atoms with Crippen LogP contribution >= 0.6 is 0 Å². The highest BCUT2D eigenvalue weighted by molar-refractivity contribution is 6.12. The highest BCUT2D eigenvalue weighted by Crippen LogP contribution is 2.44. The molecule has 0 bridgehead atoms. The summed E-state index contributed by atoms with van der Waals surface area (Å²) in [4.78, 5) is 9.64. The smallest absolute Gasteiger partial charge is 0.134 e. The second-order valence-corrected chi connectivity index (χ2v) is 16.3. The molecule has 0 fully saturated rings. The number of nitrogens with zero attached hydrogens (tertiary/aromatic N) is 5. The van der Waals surface area contributed by atoms with Gasteiger partial charge in [0.25, 0.3) is 0 Å². The maximum atomic E-state index is 16.2. The van der Waals surface area contributed by atoms with Gasteiger partial charge in [0.2, 0.25) is 0 Å². The SMILES string of the molecule is N#Cc1c(-n2c3ccccc3c3ccc(-c4ccc(-c5ccccc5)nc4)cc32)ccc(-c2c(F)cccc2F)c1-n1c2ccccc2c2ccc(-c3ccc(-c4ccccc4)nc3)cc21. The molecule has 0 amide bonds. The number of para-hydroxylation sites is 2. The molecule has 0 aliphatic heterocycles. The van der Waals surface area contributed by atoms with E-state index in [4.69, 9.17) is 9.97 Å². The maximum Gasteiger partial charge on any atom is 0.134 e. The van der Waals surface area contributed by atoms with Crippen molar-refractivity contribution in [2.45, 2.75) is 0 Å². The zero-order chi connectivity index (χ0) is 44.3. The second-order valence-electron chi connectivity index (χ2n) is 16.3. The Kier molecular flexibility index (Phi) is 9.18. The summed E-state index contributed by atoms with van der Waals surface area (Å²) in [6.45, 7) is 0. The second kappa shape index (κ2) is 15.7. The van der Waals surface area contributed by atoms with Crippen LogP contribution in [0.2, 0.25) is 0 Å². The first kappa shape index (κ1) is 38.7. The molecule has 4 heterocycles. The fraction of sp³-hybridized carbons (Fsp3) is 0. The lowest BCUT2D eigenvalue weighted by atomic mass is 9.97. The Labute approximate surface area is 378 Å². The minimum Gasteiger partial charge on any atom is -0.308 e. The Bertz CT molecular complexity index is 3860. The van der Waals surface area contributed by atoms with E-state index < -0.39 is 11.6 Å². The Morgan fingerprint density at radius 3 is 1.38 bits per heavy atom. The van der Waals surface area contributed by atoms with Gasteiger partial charge in [-0.1, -0.05) is 140 Å². The zero-order valence-electron chi connectivity index (χ0n) is 35.2. The standard InChI is InChI=1S/C59H35F2N5/c60-49-18-11-19-50(61)58(49)47-28-31-55(65-53-20-9-7-16-43(53)45-26-22-39(32-56(45)65)41-24-29-51(63-35-41)37-12-3-1-4-13-37)48(34-62)59(47)66-54-21-10-8-17-44(54)46-27-23-40(33-57(46)66)42-25-30-52(64-36-42)38-14-5-2-6-15-38/h1-33,35-36H. The number of nitriles is 1. The van der Waals surface area contributed by atoms with E-state index in [0.29, 0.717) is 11.4 Å². The van der Waals surface area contributed by atoms with E-state index in [1.807, 2.05) is 138 Å². The highest BCUT2D eigenvalue weighted by Gasteiger charge is 2.27. The molecule has 0 N–H and O–H groups in total. The highest BCUT2D eigenvalue weighted by atomic mass is 19.1.